The van der Waals surface area contributed by atoms with Gasteiger partial charge in [-0.05, 0) is 23.9 Å². The standard InChI is InChI=1S/C12H9N5O2S3/c1-19-17-8(9-15-16-11(13)21-9)10(18)22-12-14-6-4-2-3-5-7(6)20-12/h2-5H,1H3,(H2,13,16)/b17-8-. The average Bonchev–Trinajstić information content (AvgIpc) is 3.10. The second-order valence-corrected chi connectivity index (χ2v) is 7.16. The number of oxime groups is 1. The highest BCUT2D eigenvalue weighted by atomic mass is 32.2. The van der Waals surface area contributed by atoms with Crippen molar-refractivity contribution in [3.05, 3.63) is 29.3 Å². The Kier molecular flexibility index (Phi) is 4.32. The topological polar surface area (TPSA) is 103 Å². The Bertz CT molecular complexity index is 824. The van der Waals surface area contributed by atoms with Crippen LogP contribution < -0.4 is 5.73 Å². The van der Waals surface area contributed by atoms with Gasteiger partial charge in [-0.1, -0.05) is 28.6 Å². The molecule has 2 N–H and O–H groups in total. The lowest BCUT2D eigenvalue weighted by atomic mass is 10.3. The number of thioether (sulfide) groups is 1. The van der Waals surface area contributed by atoms with Crippen molar-refractivity contribution in [3.8, 4) is 0 Å². The first-order valence-electron chi connectivity index (χ1n) is 5.95. The van der Waals surface area contributed by atoms with E-state index in [1.165, 1.54) is 18.4 Å². The number of thiazole rings is 1. The molecular formula is C12H9N5O2S3. The third kappa shape index (κ3) is 3.08. The van der Waals surface area contributed by atoms with Gasteiger partial charge >= 0.3 is 0 Å². The highest BCUT2D eigenvalue weighted by molar-refractivity contribution is 8.16. The summed E-state index contributed by atoms with van der Waals surface area (Å²) >= 11 is 3.49. The third-order valence-electron chi connectivity index (χ3n) is 2.47. The zero-order valence-corrected chi connectivity index (χ0v) is 13.7. The first kappa shape index (κ1) is 14.9. The van der Waals surface area contributed by atoms with Crippen LogP contribution >= 0.6 is 34.4 Å². The zero-order chi connectivity index (χ0) is 15.5. The lowest BCUT2D eigenvalue weighted by Crippen LogP contribution is -2.12. The fourth-order valence-corrected chi connectivity index (χ4v) is 4.15. The summed E-state index contributed by atoms with van der Waals surface area (Å²) in [5, 5.41) is 11.5. The molecule has 0 saturated carbocycles. The molecule has 2 heterocycles. The third-order valence-corrected chi connectivity index (χ3v) is 5.21. The maximum atomic E-state index is 12.4. The zero-order valence-electron chi connectivity index (χ0n) is 11.2. The molecule has 0 saturated heterocycles. The molecule has 0 aliphatic heterocycles. The second kappa shape index (κ2) is 6.38. The number of fused-ring (bicyclic) bond motifs is 1. The van der Waals surface area contributed by atoms with Crippen molar-refractivity contribution in [1.82, 2.24) is 15.2 Å². The van der Waals surface area contributed by atoms with Gasteiger partial charge in [-0.3, -0.25) is 4.79 Å². The van der Waals surface area contributed by atoms with Crippen LogP contribution in [0.3, 0.4) is 0 Å². The Hall–Kier alpha value is -2.04. The van der Waals surface area contributed by atoms with E-state index in [0.717, 1.165) is 33.3 Å². The molecule has 22 heavy (non-hydrogen) atoms. The normalized spacial score (nSPS) is 11.8. The molecule has 2 aromatic heterocycles. The summed E-state index contributed by atoms with van der Waals surface area (Å²) in [7, 11) is 1.36. The lowest BCUT2D eigenvalue weighted by molar-refractivity contribution is -0.105. The van der Waals surface area contributed by atoms with Gasteiger partial charge in [0, 0.05) is 0 Å². The van der Waals surface area contributed by atoms with Crippen molar-refractivity contribution in [2.75, 3.05) is 12.8 Å². The molecule has 3 rings (SSSR count). The Morgan fingerprint density at radius 2 is 2.14 bits per heavy atom. The number of hydrogen-bond donors (Lipinski definition) is 1. The summed E-state index contributed by atoms with van der Waals surface area (Å²) in [5.41, 5.74) is 6.46. The maximum Gasteiger partial charge on any atom is 0.251 e. The molecule has 0 radical (unpaired) electrons. The minimum Gasteiger partial charge on any atom is -0.398 e. The van der Waals surface area contributed by atoms with E-state index in [4.69, 9.17) is 10.6 Å². The van der Waals surface area contributed by atoms with Crippen molar-refractivity contribution < 1.29 is 9.63 Å². The van der Waals surface area contributed by atoms with Gasteiger partial charge in [0.2, 0.25) is 5.13 Å². The van der Waals surface area contributed by atoms with Gasteiger partial charge in [-0.2, -0.15) is 0 Å². The Morgan fingerprint density at radius 3 is 2.82 bits per heavy atom. The summed E-state index contributed by atoms with van der Waals surface area (Å²) in [6, 6.07) is 7.69. The summed E-state index contributed by atoms with van der Waals surface area (Å²) in [5.74, 6) is 0. The van der Waals surface area contributed by atoms with Gasteiger partial charge in [0.1, 0.15) is 7.11 Å². The lowest BCUT2D eigenvalue weighted by Gasteiger charge is -1.98. The molecule has 7 nitrogen and oxygen atoms in total. The number of rotatable bonds is 4. The molecule has 0 aliphatic carbocycles. The van der Waals surface area contributed by atoms with E-state index in [9.17, 15) is 4.79 Å². The Balaban J connectivity index is 1.86. The summed E-state index contributed by atoms with van der Waals surface area (Å²) in [6.07, 6.45) is 0. The molecule has 3 aromatic rings. The van der Waals surface area contributed by atoms with Crippen LogP contribution in [-0.2, 0) is 9.63 Å². The van der Waals surface area contributed by atoms with Crippen molar-refractivity contribution in [3.63, 3.8) is 0 Å². The minimum atomic E-state index is -0.322. The molecule has 1 aromatic carbocycles. The molecule has 0 unspecified atom stereocenters. The molecule has 0 spiro atoms. The maximum absolute atomic E-state index is 12.4. The first-order chi connectivity index (χ1) is 10.7. The van der Waals surface area contributed by atoms with Gasteiger partial charge in [0.05, 0.1) is 10.2 Å². The Labute approximate surface area is 137 Å². The SMILES string of the molecule is CO/N=C(\C(=O)Sc1nc2ccccc2s1)c1nnc(N)s1. The molecule has 0 fully saturated rings. The number of nitrogen functional groups attached to an aromatic ring is 1. The van der Waals surface area contributed by atoms with Crippen LogP contribution in [0.25, 0.3) is 10.2 Å². The number of nitrogens with zero attached hydrogens (tertiary/aromatic N) is 4. The molecule has 10 heteroatoms. The number of hydrogen-bond acceptors (Lipinski definition) is 10. The van der Waals surface area contributed by atoms with Gasteiger partial charge < -0.3 is 10.6 Å². The molecule has 0 bridgehead atoms. The number of nitrogens with two attached hydrogens (primary N) is 1. The first-order valence-corrected chi connectivity index (χ1v) is 8.40. The predicted molar refractivity (Wildman–Crippen MR) is 88.4 cm³/mol. The van der Waals surface area contributed by atoms with E-state index >= 15 is 0 Å². The highest BCUT2D eigenvalue weighted by Gasteiger charge is 2.22. The number of anilines is 1. The van der Waals surface area contributed by atoms with E-state index in [2.05, 4.69) is 20.3 Å². The van der Waals surface area contributed by atoms with Crippen LogP contribution in [0.4, 0.5) is 5.13 Å². The Morgan fingerprint density at radius 1 is 1.32 bits per heavy atom. The summed E-state index contributed by atoms with van der Waals surface area (Å²) in [6.45, 7) is 0. The van der Waals surface area contributed by atoms with E-state index < -0.39 is 0 Å². The largest absolute Gasteiger partial charge is 0.398 e. The van der Waals surface area contributed by atoms with Crippen molar-refractivity contribution in [2.45, 2.75) is 4.34 Å². The van der Waals surface area contributed by atoms with Crippen LogP contribution in [0.15, 0.2) is 33.8 Å². The molecule has 112 valence electrons. The predicted octanol–water partition coefficient (Wildman–Crippen LogP) is 2.40. The van der Waals surface area contributed by atoms with Crippen LogP contribution in [0.1, 0.15) is 5.01 Å². The molecule has 0 atom stereocenters. The van der Waals surface area contributed by atoms with Crippen LogP contribution in [0.5, 0.6) is 0 Å². The quantitative estimate of drug-likeness (QED) is 0.437. The summed E-state index contributed by atoms with van der Waals surface area (Å²) in [4.78, 5) is 21.5. The average molecular weight is 351 g/mol. The van der Waals surface area contributed by atoms with E-state index in [1.807, 2.05) is 24.3 Å². The smallest absolute Gasteiger partial charge is 0.251 e. The van der Waals surface area contributed by atoms with E-state index in [0.29, 0.717) is 9.35 Å². The summed E-state index contributed by atoms with van der Waals surface area (Å²) < 4.78 is 1.65. The van der Waals surface area contributed by atoms with Gasteiger partial charge in [-0.25, -0.2) is 4.98 Å². The monoisotopic (exact) mass is 351 g/mol. The number of benzene rings is 1. The van der Waals surface area contributed by atoms with Gasteiger partial charge in [-0.15, -0.1) is 21.5 Å². The van der Waals surface area contributed by atoms with E-state index in [1.54, 1.807) is 0 Å². The fraction of sp³-hybridized carbons (Fsp3) is 0.0833. The van der Waals surface area contributed by atoms with Crippen molar-refractivity contribution in [2.24, 2.45) is 5.16 Å². The molecule has 0 aliphatic rings. The highest BCUT2D eigenvalue weighted by Crippen LogP contribution is 2.30. The number of carbonyl (C=O) groups excluding carboxylic acids is 1. The fourth-order valence-electron chi connectivity index (χ4n) is 1.61. The van der Waals surface area contributed by atoms with E-state index in [-0.39, 0.29) is 16.0 Å². The molecular weight excluding hydrogens is 342 g/mol. The molecule has 0 amide bonds. The number of carbonyl (C=O) groups is 1. The van der Waals surface area contributed by atoms with Gasteiger partial charge in [0.25, 0.3) is 5.12 Å². The number of aromatic nitrogens is 3. The minimum absolute atomic E-state index is 0.0703. The van der Waals surface area contributed by atoms with Crippen LogP contribution in [0.2, 0.25) is 0 Å². The van der Waals surface area contributed by atoms with Crippen LogP contribution in [0, 0.1) is 0 Å². The van der Waals surface area contributed by atoms with Crippen LogP contribution in [-0.4, -0.2) is 33.1 Å². The number of para-hydroxylation sites is 1. The second-order valence-electron chi connectivity index (χ2n) is 3.90. The van der Waals surface area contributed by atoms with Crippen molar-refractivity contribution in [1.29, 1.82) is 0 Å². The van der Waals surface area contributed by atoms with Gasteiger partial charge in [0.15, 0.2) is 15.1 Å². The van der Waals surface area contributed by atoms with Crippen molar-refractivity contribution >= 4 is 60.6 Å².